The summed E-state index contributed by atoms with van der Waals surface area (Å²) in [4.78, 5) is 4.48. The number of nitrogens with zero attached hydrogens (tertiary/aromatic N) is 1. The van der Waals surface area contributed by atoms with Crippen LogP contribution in [0.3, 0.4) is 0 Å². The quantitative estimate of drug-likeness (QED) is 0.877. The zero-order valence-electron chi connectivity index (χ0n) is 11.4. The van der Waals surface area contributed by atoms with Gasteiger partial charge in [-0.2, -0.15) is 0 Å². The maximum Gasteiger partial charge on any atom is 0.123 e. The Bertz CT molecular complexity index is 507. The number of nitrogens with two attached hydrogens (primary N) is 1. The molecule has 0 spiro atoms. The summed E-state index contributed by atoms with van der Waals surface area (Å²) in [6.07, 6.45) is 1.35. The molecule has 2 aromatic rings. The first-order chi connectivity index (χ1) is 9.22. The number of hydrogen-bond acceptors (Lipinski definition) is 4. The van der Waals surface area contributed by atoms with Crippen molar-refractivity contribution in [2.75, 3.05) is 0 Å². The van der Waals surface area contributed by atoms with Crippen molar-refractivity contribution in [2.24, 2.45) is 5.73 Å². The van der Waals surface area contributed by atoms with E-state index in [9.17, 15) is 0 Å². The molecule has 102 valence electrons. The molecule has 0 saturated heterocycles. The highest BCUT2D eigenvalue weighted by molar-refractivity contribution is 7.13. The number of rotatable bonds is 6. The molecule has 0 aliphatic rings. The van der Waals surface area contributed by atoms with Gasteiger partial charge >= 0.3 is 0 Å². The fourth-order valence-electron chi connectivity index (χ4n) is 1.63. The molecule has 1 unspecified atom stereocenters. The van der Waals surface area contributed by atoms with E-state index in [1.54, 1.807) is 11.3 Å². The van der Waals surface area contributed by atoms with Crippen LogP contribution >= 0.6 is 11.3 Å². The van der Waals surface area contributed by atoms with Crippen molar-refractivity contribution in [1.29, 1.82) is 0 Å². The molecule has 4 heteroatoms. The van der Waals surface area contributed by atoms with Crippen LogP contribution in [0.25, 0.3) is 10.6 Å². The van der Waals surface area contributed by atoms with Crippen LogP contribution in [0.2, 0.25) is 0 Å². The first kappa shape index (κ1) is 14.2. The Hall–Kier alpha value is -1.23. The predicted molar refractivity (Wildman–Crippen MR) is 80.0 cm³/mol. The second-order valence-electron chi connectivity index (χ2n) is 4.57. The van der Waals surface area contributed by atoms with Gasteiger partial charge in [-0.15, -0.1) is 11.3 Å². The monoisotopic (exact) mass is 276 g/mol. The summed E-state index contributed by atoms with van der Waals surface area (Å²) in [5.74, 6) is 0. The zero-order valence-corrected chi connectivity index (χ0v) is 12.2. The smallest absolute Gasteiger partial charge is 0.123 e. The Balaban J connectivity index is 2.01. The third-order valence-electron chi connectivity index (χ3n) is 3.07. The molecule has 0 saturated carbocycles. The average Bonchev–Trinajstić information content (AvgIpc) is 2.94. The van der Waals surface area contributed by atoms with E-state index in [4.69, 9.17) is 10.5 Å². The molecule has 0 aliphatic carbocycles. The predicted octanol–water partition coefficient (Wildman–Crippen LogP) is 3.58. The third-order valence-corrected chi connectivity index (χ3v) is 4.01. The molecular weight excluding hydrogens is 256 g/mol. The van der Waals surface area contributed by atoms with Crippen molar-refractivity contribution in [2.45, 2.75) is 39.5 Å². The van der Waals surface area contributed by atoms with Crippen molar-refractivity contribution < 1.29 is 4.74 Å². The van der Waals surface area contributed by atoms with Crippen LogP contribution in [0.4, 0.5) is 0 Å². The molecule has 2 rings (SSSR count). The molecule has 0 amide bonds. The molecule has 1 aromatic carbocycles. The molecule has 0 radical (unpaired) electrons. The van der Waals surface area contributed by atoms with E-state index >= 15 is 0 Å². The van der Waals surface area contributed by atoms with Gasteiger partial charge in [0.15, 0.2) is 0 Å². The summed E-state index contributed by atoms with van der Waals surface area (Å²) < 4.78 is 5.71. The van der Waals surface area contributed by atoms with E-state index in [0.29, 0.717) is 19.3 Å². The van der Waals surface area contributed by atoms with Gasteiger partial charge in [-0.25, -0.2) is 4.98 Å². The van der Waals surface area contributed by atoms with Gasteiger partial charge in [0.05, 0.1) is 18.4 Å². The molecule has 1 atom stereocenters. The molecule has 3 nitrogen and oxygen atoms in total. The Kier molecular flexibility index (Phi) is 5.07. The van der Waals surface area contributed by atoms with E-state index in [1.807, 2.05) is 5.38 Å². The van der Waals surface area contributed by atoms with Gasteiger partial charge in [0, 0.05) is 17.5 Å². The number of aromatic nitrogens is 1. The number of hydrogen-bond donors (Lipinski definition) is 1. The maximum atomic E-state index is 5.71. The summed E-state index contributed by atoms with van der Waals surface area (Å²) >= 11 is 1.63. The van der Waals surface area contributed by atoms with E-state index < -0.39 is 0 Å². The first-order valence-electron chi connectivity index (χ1n) is 6.58. The van der Waals surface area contributed by atoms with Gasteiger partial charge in [0.2, 0.25) is 0 Å². The SMILES string of the molecule is CCC(C)OCc1ccc(-c2nc(CN)cs2)cc1. The van der Waals surface area contributed by atoms with Gasteiger partial charge in [-0.05, 0) is 18.9 Å². The van der Waals surface area contributed by atoms with E-state index in [0.717, 1.165) is 22.7 Å². The molecule has 1 heterocycles. The summed E-state index contributed by atoms with van der Waals surface area (Å²) in [5, 5.41) is 3.03. The van der Waals surface area contributed by atoms with Crippen LogP contribution < -0.4 is 5.73 Å². The lowest BCUT2D eigenvalue weighted by Gasteiger charge is -2.10. The summed E-state index contributed by atoms with van der Waals surface area (Å²) in [6.45, 7) is 5.39. The van der Waals surface area contributed by atoms with Crippen LogP contribution in [0.5, 0.6) is 0 Å². The molecular formula is C15H20N2OS. The summed E-state index contributed by atoms with van der Waals surface area (Å²) in [6, 6.07) is 8.38. The van der Waals surface area contributed by atoms with Crippen LogP contribution in [-0.4, -0.2) is 11.1 Å². The highest BCUT2D eigenvalue weighted by atomic mass is 32.1. The van der Waals surface area contributed by atoms with Crippen molar-refractivity contribution in [3.63, 3.8) is 0 Å². The molecule has 1 aromatic heterocycles. The lowest BCUT2D eigenvalue weighted by molar-refractivity contribution is 0.0508. The van der Waals surface area contributed by atoms with E-state index in [1.165, 1.54) is 5.56 Å². The molecule has 0 aliphatic heterocycles. The second-order valence-corrected chi connectivity index (χ2v) is 5.43. The Morgan fingerprint density at radius 1 is 1.32 bits per heavy atom. The van der Waals surface area contributed by atoms with Crippen molar-refractivity contribution >= 4 is 11.3 Å². The number of ether oxygens (including phenoxy) is 1. The van der Waals surface area contributed by atoms with Gasteiger partial charge in [0.1, 0.15) is 5.01 Å². The minimum atomic E-state index is 0.311. The van der Waals surface area contributed by atoms with Gasteiger partial charge in [0.25, 0.3) is 0 Å². The van der Waals surface area contributed by atoms with E-state index in [-0.39, 0.29) is 0 Å². The zero-order chi connectivity index (χ0) is 13.7. The summed E-state index contributed by atoms with van der Waals surface area (Å²) in [7, 11) is 0. The second kappa shape index (κ2) is 6.80. The fraction of sp³-hybridized carbons (Fsp3) is 0.400. The molecule has 0 fully saturated rings. The maximum absolute atomic E-state index is 5.71. The molecule has 19 heavy (non-hydrogen) atoms. The first-order valence-corrected chi connectivity index (χ1v) is 7.46. The lowest BCUT2D eigenvalue weighted by Crippen LogP contribution is -2.05. The fourth-order valence-corrected chi connectivity index (χ4v) is 2.47. The van der Waals surface area contributed by atoms with Crippen molar-refractivity contribution in [1.82, 2.24) is 4.98 Å². The summed E-state index contributed by atoms with van der Waals surface area (Å²) in [5.41, 5.74) is 8.85. The minimum Gasteiger partial charge on any atom is -0.374 e. The van der Waals surface area contributed by atoms with E-state index in [2.05, 4.69) is 43.1 Å². The topological polar surface area (TPSA) is 48.1 Å². The van der Waals surface area contributed by atoms with Crippen LogP contribution in [0.1, 0.15) is 31.5 Å². The number of benzene rings is 1. The molecule has 0 bridgehead atoms. The standard InChI is InChI=1S/C15H20N2OS/c1-3-11(2)18-9-12-4-6-13(7-5-12)15-17-14(8-16)10-19-15/h4-7,10-11H,3,8-9,16H2,1-2H3. The van der Waals surface area contributed by atoms with Crippen LogP contribution in [-0.2, 0) is 17.9 Å². The van der Waals surface area contributed by atoms with Crippen LogP contribution in [0.15, 0.2) is 29.6 Å². The normalized spacial score (nSPS) is 12.6. The van der Waals surface area contributed by atoms with Gasteiger partial charge in [-0.3, -0.25) is 0 Å². The van der Waals surface area contributed by atoms with Crippen LogP contribution in [0, 0.1) is 0 Å². The van der Waals surface area contributed by atoms with Crippen molar-refractivity contribution in [3.05, 3.63) is 40.9 Å². The third kappa shape index (κ3) is 3.86. The highest BCUT2D eigenvalue weighted by Gasteiger charge is 2.04. The van der Waals surface area contributed by atoms with Gasteiger partial charge < -0.3 is 10.5 Å². The Morgan fingerprint density at radius 2 is 2.05 bits per heavy atom. The number of thiazole rings is 1. The van der Waals surface area contributed by atoms with Gasteiger partial charge in [-0.1, -0.05) is 31.2 Å². The average molecular weight is 276 g/mol. The highest BCUT2D eigenvalue weighted by Crippen LogP contribution is 2.24. The largest absolute Gasteiger partial charge is 0.374 e. The van der Waals surface area contributed by atoms with Crippen molar-refractivity contribution in [3.8, 4) is 10.6 Å². The Labute approximate surface area is 118 Å². The minimum absolute atomic E-state index is 0.311. The Morgan fingerprint density at radius 3 is 2.63 bits per heavy atom. The molecule has 2 N–H and O–H groups in total. The lowest BCUT2D eigenvalue weighted by atomic mass is 10.1.